The number of carbonyl (C=O) groups excluding carboxylic acids is 4. The Morgan fingerprint density at radius 2 is 0.966 bits per heavy atom. The summed E-state index contributed by atoms with van der Waals surface area (Å²) < 4.78 is 0. The van der Waals surface area contributed by atoms with Crippen LogP contribution in [-0.2, 0) is 19.2 Å². The molecule has 0 aliphatic heterocycles. The number of hydrogen-bond donors (Lipinski definition) is 4. The first kappa shape index (κ1) is 39.7. The van der Waals surface area contributed by atoms with Crippen LogP contribution < -0.4 is 21.5 Å². The monoisotopic (exact) mass is 848 g/mol. The maximum atomic E-state index is 13.7. The summed E-state index contributed by atoms with van der Waals surface area (Å²) in [4.78, 5) is 75.5. The van der Waals surface area contributed by atoms with Gasteiger partial charge in [-0.3, -0.25) is 50.3 Å². The molecule has 0 fully saturated rings. The largest absolute Gasteiger partial charge is 0.322 e. The Bertz CT molecular complexity index is 2820. The van der Waals surface area contributed by atoms with Gasteiger partial charge in [0.05, 0.1) is 53.1 Å². The number of halogens is 3. The predicted octanol–water partition coefficient (Wildman–Crippen LogP) is 8.31. The molecule has 59 heavy (non-hydrogen) atoms. The van der Waals surface area contributed by atoms with Crippen LogP contribution >= 0.6 is 34.8 Å². The minimum absolute atomic E-state index is 0.0176. The second kappa shape index (κ2) is 16.5. The van der Waals surface area contributed by atoms with Crippen LogP contribution in [0.1, 0.15) is 22.3 Å². The fraction of sp³-hybridized carbons (Fsp3) is 0. The van der Waals surface area contributed by atoms with Gasteiger partial charge in [0, 0.05) is 41.1 Å². The highest BCUT2D eigenvalue weighted by atomic mass is 35.5. The number of Topliss-reactive ketones (excluding diaryl/α,β-unsaturated/α-hetero) is 2. The Hall–Kier alpha value is -7.53. The van der Waals surface area contributed by atoms with Crippen LogP contribution in [0.5, 0.6) is 0 Å². The average molecular weight is 850 g/mol. The first-order chi connectivity index (χ1) is 28.3. The number of hydrogen-bond acceptors (Lipinski definition) is 12. The van der Waals surface area contributed by atoms with Crippen molar-refractivity contribution in [1.82, 2.24) is 0 Å². The Morgan fingerprint density at radius 1 is 0.542 bits per heavy atom. The van der Waals surface area contributed by atoms with E-state index in [2.05, 4.69) is 31.7 Å². The lowest BCUT2D eigenvalue weighted by atomic mass is 9.89. The molecule has 2 aliphatic rings. The summed E-state index contributed by atoms with van der Waals surface area (Å²) in [6.45, 7) is 0. The molecule has 16 nitrogen and oxygen atoms in total. The van der Waals surface area contributed by atoms with Crippen LogP contribution in [-0.4, -0.2) is 44.7 Å². The van der Waals surface area contributed by atoms with E-state index in [4.69, 9.17) is 34.8 Å². The number of nitrogens with zero attached hydrogens (tertiary/aromatic N) is 4. The smallest absolute Gasteiger partial charge is 0.271 e. The quantitative estimate of drug-likeness (QED) is 0.0597. The van der Waals surface area contributed by atoms with E-state index in [1.54, 1.807) is 48.5 Å². The van der Waals surface area contributed by atoms with E-state index >= 15 is 0 Å². The highest BCUT2D eigenvalue weighted by molar-refractivity contribution is 6.60. The molecule has 0 radical (unpaired) electrons. The zero-order valence-corrected chi connectivity index (χ0v) is 31.9. The Morgan fingerprint density at radius 3 is 1.41 bits per heavy atom. The van der Waals surface area contributed by atoms with Crippen LogP contribution in [0, 0.1) is 20.2 Å². The SMILES string of the molecule is O=C(Nc1ccc(NC(=O)C2=Cc3ccccc3/C(=N\Nc3ccc([N+](=O)[O-])cc3Cl)C2=O)cc1Cl)C1=Cc2ccccc2/C(=N/Nc2ccc([N+](=O)[O-])cc2Cl)C1=O. The second-order valence-electron chi connectivity index (χ2n) is 12.5. The molecule has 0 aromatic heterocycles. The minimum Gasteiger partial charge on any atom is -0.322 e. The van der Waals surface area contributed by atoms with Gasteiger partial charge in [0.25, 0.3) is 23.2 Å². The summed E-state index contributed by atoms with van der Waals surface area (Å²) in [7, 11) is 0. The predicted molar refractivity (Wildman–Crippen MR) is 224 cm³/mol. The first-order valence-electron chi connectivity index (χ1n) is 17.0. The number of fused-ring (bicyclic) bond motifs is 2. The van der Waals surface area contributed by atoms with Crippen molar-refractivity contribution in [3.63, 3.8) is 0 Å². The van der Waals surface area contributed by atoms with Gasteiger partial charge in [-0.25, -0.2) is 0 Å². The topological polar surface area (TPSA) is 227 Å². The van der Waals surface area contributed by atoms with Crippen molar-refractivity contribution in [3.8, 4) is 0 Å². The molecule has 19 heteroatoms. The molecule has 2 amide bonds. The first-order valence-corrected chi connectivity index (χ1v) is 18.1. The van der Waals surface area contributed by atoms with Crippen molar-refractivity contribution in [3.05, 3.63) is 172 Å². The molecule has 0 bridgehead atoms. The highest BCUT2D eigenvalue weighted by Gasteiger charge is 2.32. The number of carbonyl (C=O) groups is 4. The van der Waals surface area contributed by atoms with Crippen LogP contribution in [0.2, 0.25) is 15.1 Å². The lowest BCUT2D eigenvalue weighted by Crippen LogP contribution is -2.30. The van der Waals surface area contributed by atoms with Gasteiger partial charge in [0.2, 0.25) is 11.6 Å². The molecule has 0 unspecified atom stereocenters. The van der Waals surface area contributed by atoms with Crippen molar-refractivity contribution in [2.24, 2.45) is 10.2 Å². The lowest BCUT2D eigenvalue weighted by Gasteiger charge is -2.18. The summed E-state index contributed by atoms with van der Waals surface area (Å²) in [5, 5.41) is 35.8. The molecule has 0 heterocycles. The molecular weight excluding hydrogens is 827 g/mol. The van der Waals surface area contributed by atoms with Gasteiger partial charge < -0.3 is 10.6 Å². The normalized spacial score (nSPS) is 14.4. The number of non-ortho nitro benzene ring substituents is 2. The fourth-order valence-electron chi connectivity index (χ4n) is 5.91. The summed E-state index contributed by atoms with van der Waals surface area (Å²) in [6.07, 6.45) is 2.80. The summed E-state index contributed by atoms with van der Waals surface area (Å²) in [5.41, 5.74) is 6.49. The van der Waals surface area contributed by atoms with E-state index in [9.17, 15) is 39.4 Å². The van der Waals surface area contributed by atoms with E-state index in [-0.39, 0.29) is 71.8 Å². The number of ketones is 2. The number of anilines is 4. The molecule has 0 spiro atoms. The lowest BCUT2D eigenvalue weighted by molar-refractivity contribution is -0.385. The van der Waals surface area contributed by atoms with Crippen molar-refractivity contribution < 1.29 is 29.0 Å². The number of rotatable bonds is 10. The van der Waals surface area contributed by atoms with E-state index in [1.807, 2.05) is 0 Å². The van der Waals surface area contributed by atoms with Crippen LogP contribution in [0.15, 0.2) is 124 Å². The van der Waals surface area contributed by atoms with E-state index in [0.29, 0.717) is 22.3 Å². The number of benzene rings is 5. The van der Waals surface area contributed by atoms with E-state index in [1.165, 1.54) is 54.6 Å². The maximum absolute atomic E-state index is 13.7. The second-order valence-corrected chi connectivity index (χ2v) is 13.8. The number of nitrogens with one attached hydrogen (secondary N) is 4. The molecule has 0 saturated carbocycles. The van der Waals surface area contributed by atoms with Crippen LogP contribution in [0.3, 0.4) is 0 Å². The van der Waals surface area contributed by atoms with Crippen molar-refractivity contribution in [1.29, 1.82) is 0 Å². The molecular formula is C40H23Cl3N8O8. The summed E-state index contributed by atoms with van der Waals surface area (Å²) in [6, 6.07) is 24.9. The number of nitro groups is 2. The molecule has 0 saturated heterocycles. The Balaban J connectivity index is 1.07. The third-order valence-corrected chi connectivity index (χ3v) is 9.76. The Labute approximate surface area is 347 Å². The van der Waals surface area contributed by atoms with Crippen LogP contribution in [0.4, 0.5) is 34.1 Å². The summed E-state index contributed by atoms with van der Waals surface area (Å²) in [5.74, 6) is -3.10. The van der Waals surface area contributed by atoms with E-state index < -0.39 is 33.2 Å². The number of hydrazone groups is 2. The van der Waals surface area contributed by atoms with Crippen LogP contribution in [0.25, 0.3) is 12.2 Å². The van der Waals surface area contributed by atoms with Crippen molar-refractivity contribution in [2.75, 3.05) is 21.5 Å². The number of nitro benzene ring substituents is 2. The average Bonchev–Trinajstić information content (AvgIpc) is 3.21. The molecule has 2 aliphatic carbocycles. The zero-order chi connectivity index (χ0) is 42.0. The van der Waals surface area contributed by atoms with Gasteiger partial charge in [-0.05, 0) is 53.6 Å². The minimum atomic E-state index is -0.823. The van der Waals surface area contributed by atoms with Gasteiger partial charge in [0.15, 0.2) is 0 Å². The van der Waals surface area contributed by atoms with Gasteiger partial charge in [-0.2, -0.15) is 10.2 Å². The fourth-order valence-corrected chi connectivity index (χ4v) is 6.57. The van der Waals surface area contributed by atoms with Gasteiger partial charge in [0.1, 0.15) is 11.4 Å². The van der Waals surface area contributed by atoms with Gasteiger partial charge >= 0.3 is 0 Å². The molecule has 4 N–H and O–H groups in total. The molecule has 292 valence electrons. The molecule has 5 aromatic carbocycles. The Kier molecular flexibility index (Phi) is 11.1. The number of amides is 2. The van der Waals surface area contributed by atoms with Gasteiger partial charge in [-0.15, -0.1) is 0 Å². The van der Waals surface area contributed by atoms with Gasteiger partial charge in [-0.1, -0.05) is 83.3 Å². The zero-order valence-electron chi connectivity index (χ0n) is 29.7. The van der Waals surface area contributed by atoms with Crippen molar-refractivity contribution in [2.45, 2.75) is 0 Å². The van der Waals surface area contributed by atoms with Crippen molar-refractivity contribution >= 4 is 116 Å². The summed E-state index contributed by atoms with van der Waals surface area (Å²) >= 11 is 18.9. The standard InChI is InChI=1S/C40H23Cl3N8O8/c41-29-17-22(44-39(54)27-15-20-5-1-3-7-25(20)35(37(27)52)48-46-33-13-10-23(50(56)57)18-30(33)42)9-12-32(29)45-40(55)28-16-21-6-2-4-8-26(21)36(38(28)53)49-47-34-14-11-24(51(58)59)19-31(34)43/h1-19,46-47H,(H,44,54)(H,45,55)/b48-35+,49-36-. The van der Waals surface area contributed by atoms with E-state index in [0.717, 1.165) is 12.1 Å². The third kappa shape index (κ3) is 8.31. The molecule has 5 aromatic rings. The third-order valence-electron chi connectivity index (χ3n) is 8.82. The highest BCUT2D eigenvalue weighted by Crippen LogP contribution is 2.32. The molecule has 7 rings (SSSR count). The maximum Gasteiger partial charge on any atom is 0.271 e. The molecule has 0 atom stereocenters.